The van der Waals surface area contributed by atoms with Crippen molar-refractivity contribution in [3.05, 3.63) is 35.4 Å². The van der Waals surface area contributed by atoms with Crippen molar-refractivity contribution in [2.24, 2.45) is 5.92 Å². The van der Waals surface area contributed by atoms with Gasteiger partial charge in [-0.3, -0.25) is 14.4 Å². The number of nitrogens with one attached hydrogen (secondary N) is 1. The summed E-state index contributed by atoms with van der Waals surface area (Å²) in [4.78, 5) is 38.7. The zero-order valence-corrected chi connectivity index (χ0v) is 17.4. The Balaban J connectivity index is 1.46. The van der Waals surface area contributed by atoms with Gasteiger partial charge in [-0.15, -0.1) is 0 Å². The number of carbonyl (C=O) groups is 3. The molecule has 2 aliphatic rings. The Hall–Kier alpha value is -2.58. The van der Waals surface area contributed by atoms with Crippen LogP contribution in [0.25, 0.3) is 0 Å². The molecular weight excluding hydrogens is 413 g/mol. The van der Waals surface area contributed by atoms with Crippen molar-refractivity contribution in [3.8, 4) is 0 Å². The van der Waals surface area contributed by atoms with E-state index in [-0.39, 0.29) is 23.4 Å². The van der Waals surface area contributed by atoms with Crippen molar-refractivity contribution in [2.45, 2.75) is 63.8 Å². The number of hydrogen-bond acceptors (Lipinski definition) is 4. The topological polar surface area (TPSA) is 75.7 Å². The van der Waals surface area contributed by atoms with Gasteiger partial charge in [-0.1, -0.05) is 12.8 Å². The second-order valence-corrected chi connectivity index (χ2v) is 8.21. The number of esters is 1. The number of nitrogens with zero attached hydrogens (tertiary/aromatic N) is 1. The molecule has 2 amide bonds. The minimum absolute atomic E-state index is 0.146. The molecule has 1 aliphatic carbocycles. The molecule has 31 heavy (non-hydrogen) atoms. The van der Waals surface area contributed by atoms with Crippen molar-refractivity contribution in [2.75, 3.05) is 13.1 Å². The summed E-state index contributed by atoms with van der Waals surface area (Å²) in [6.45, 7) is 2.13. The molecule has 170 valence electrons. The number of amides is 2. The smallest absolute Gasteiger partial charge is 0.416 e. The van der Waals surface area contributed by atoms with Gasteiger partial charge in [0, 0.05) is 24.7 Å². The van der Waals surface area contributed by atoms with E-state index in [1.54, 1.807) is 6.92 Å². The van der Waals surface area contributed by atoms with Crippen LogP contribution in [0.3, 0.4) is 0 Å². The summed E-state index contributed by atoms with van der Waals surface area (Å²) in [7, 11) is 0. The third-order valence-electron chi connectivity index (χ3n) is 5.94. The highest BCUT2D eigenvalue weighted by Gasteiger charge is 2.33. The minimum Gasteiger partial charge on any atom is -0.452 e. The van der Waals surface area contributed by atoms with E-state index in [0.29, 0.717) is 25.9 Å². The number of benzene rings is 1. The summed E-state index contributed by atoms with van der Waals surface area (Å²) < 4.78 is 43.3. The van der Waals surface area contributed by atoms with Gasteiger partial charge in [0.05, 0.1) is 11.5 Å². The number of ether oxygens (including phenoxy) is 1. The van der Waals surface area contributed by atoms with E-state index in [1.165, 1.54) is 4.90 Å². The van der Waals surface area contributed by atoms with E-state index in [9.17, 15) is 27.6 Å². The Bertz CT molecular complexity index is 796. The quantitative estimate of drug-likeness (QED) is 0.711. The summed E-state index contributed by atoms with van der Waals surface area (Å²) >= 11 is 0. The normalized spacial score (nSPS) is 19.2. The molecule has 6 nitrogen and oxygen atoms in total. The number of halogens is 3. The number of carbonyl (C=O) groups excluding carboxylic acids is 3. The fourth-order valence-electron chi connectivity index (χ4n) is 4.02. The molecule has 1 saturated carbocycles. The third-order valence-corrected chi connectivity index (χ3v) is 5.94. The summed E-state index contributed by atoms with van der Waals surface area (Å²) in [6.07, 6.45) is -0.517. The fourth-order valence-corrected chi connectivity index (χ4v) is 4.02. The van der Waals surface area contributed by atoms with Crippen molar-refractivity contribution >= 4 is 17.8 Å². The summed E-state index contributed by atoms with van der Waals surface area (Å²) in [6, 6.07) is 4.24. The van der Waals surface area contributed by atoms with E-state index in [4.69, 9.17) is 4.74 Å². The molecule has 0 bridgehead atoms. The maximum absolute atomic E-state index is 12.7. The SMILES string of the molecule is CC(OC(=O)C1CCN(C(=O)c2ccc(C(F)(F)F)cc2)CC1)C(=O)NC1CCCC1. The first-order chi connectivity index (χ1) is 14.6. The van der Waals surface area contributed by atoms with Gasteiger partial charge < -0.3 is 15.0 Å². The molecule has 1 N–H and O–H groups in total. The van der Waals surface area contributed by atoms with Gasteiger partial charge in [0.25, 0.3) is 11.8 Å². The highest BCUT2D eigenvalue weighted by atomic mass is 19.4. The Kier molecular flexibility index (Phi) is 7.23. The molecule has 0 radical (unpaired) electrons. The monoisotopic (exact) mass is 440 g/mol. The van der Waals surface area contributed by atoms with Gasteiger partial charge in [0.1, 0.15) is 0 Å². The third kappa shape index (κ3) is 5.98. The van der Waals surface area contributed by atoms with Crippen LogP contribution in [0.2, 0.25) is 0 Å². The van der Waals surface area contributed by atoms with Crippen LogP contribution in [-0.4, -0.2) is 47.9 Å². The average molecular weight is 440 g/mol. The molecule has 3 rings (SSSR count). The Morgan fingerprint density at radius 3 is 2.16 bits per heavy atom. The number of alkyl halides is 3. The second-order valence-electron chi connectivity index (χ2n) is 8.21. The van der Waals surface area contributed by atoms with Gasteiger partial charge in [-0.25, -0.2) is 0 Å². The zero-order valence-electron chi connectivity index (χ0n) is 17.4. The lowest BCUT2D eigenvalue weighted by Crippen LogP contribution is -2.44. The standard InChI is InChI=1S/C22H27F3N2O4/c1-14(19(28)26-18-4-2-3-5-18)31-21(30)16-10-12-27(13-11-16)20(29)15-6-8-17(9-7-15)22(23,24)25/h6-9,14,16,18H,2-5,10-13H2,1H3,(H,26,28). The molecule has 1 unspecified atom stereocenters. The summed E-state index contributed by atoms with van der Waals surface area (Å²) in [5.74, 6) is -1.55. The van der Waals surface area contributed by atoms with E-state index in [1.807, 2.05) is 0 Å². The summed E-state index contributed by atoms with van der Waals surface area (Å²) in [5.41, 5.74) is -0.636. The molecule has 1 aromatic rings. The van der Waals surface area contributed by atoms with Gasteiger partial charge in [0.15, 0.2) is 6.10 Å². The molecule has 0 spiro atoms. The predicted octanol–water partition coefficient (Wildman–Crippen LogP) is 3.55. The fraction of sp³-hybridized carbons (Fsp3) is 0.591. The molecule has 1 atom stereocenters. The van der Waals surface area contributed by atoms with E-state index < -0.39 is 29.7 Å². The Labute approximate surface area is 179 Å². The van der Waals surface area contributed by atoms with Gasteiger partial charge in [-0.05, 0) is 56.9 Å². The predicted molar refractivity (Wildman–Crippen MR) is 106 cm³/mol. The Morgan fingerprint density at radius 2 is 1.61 bits per heavy atom. The van der Waals surface area contributed by atoms with Gasteiger partial charge >= 0.3 is 12.1 Å². The van der Waals surface area contributed by atoms with Crippen LogP contribution in [0.5, 0.6) is 0 Å². The first-order valence-electron chi connectivity index (χ1n) is 10.6. The van der Waals surface area contributed by atoms with Crippen LogP contribution in [0.15, 0.2) is 24.3 Å². The number of likely N-dealkylation sites (tertiary alicyclic amines) is 1. The van der Waals surface area contributed by atoms with Crippen LogP contribution in [-0.2, 0) is 20.5 Å². The Morgan fingerprint density at radius 1 is 1.03 bits per heavy atom. The molecular formula is C22H27F3N2O4. The molecule has 2 fully saturated rings. The molecule has 1 aliphatic heterocycles. The lowest BCUT2D eigenvalue weighted by Gasteiger charge is -2.31. The maximum atomic E-state index is 12.7. The summed E-state index contributed by atoms with van der Waals surface area (Å²) in [5, 5.41) is 2.90. The van der Waals surface area contributed by atoms with Crippen LogP contribution < -0.4 is 5.32 Å². The van der Waals surface area contributed by atoms with Gasteiger partial charge in [-0.2, -0.15) is 13.2 Å². The zero-order chi connectivity index (χ0) is 22.6. The van der Waals surface area contributed by atoms with Crippen molar-refractivity contribution in [1.29, 1.82) is 0 Å². The molecule has 0 aromatic heterocycles. The second kappa shape index (κ2) is 9.70. The van der Waals surface area contributed by atoms with E-state index in [2.05, 4.69) is 5.32 Å². The largest absolute Gasteiger partial charge is 0.452 e. The lowest BCUT2D eigenvalue weighted by atomic mass is 9.96. The van der Waals surface area contributed by atoms with Gasteiger partial charge in [0.2, 0.25) is 0 Å². The van der Waals surface area contributed by atoms with E-state index in [0.717, 1.165) is 49.9 Å². The van der Waals surface area contributed by atoms with Crippen molar-refractivity contribution in [3.63, 3.8) is 0 Å². The molecule has 1 aromatic carbocycles. The number of piperidine rings is 1. The molecule has 1 saturated heterocycles. The minimum atomic E-state index is -4.45. The van der Waals surface area contributed by atoms with Crippen molar-refractivity contribution < 1.29 is 32.3 Å². The highest BCUT2D eigenvalue weighted by molar-refractivity contribution is 5.94. The molecule has 1 heterocycles. The van der Waals surface area contributed by atoms with E-state index >= 15 is 0 Å². The molecule has 9 heteroatoms. The number of rotatable bonds is 5. The van der Waals surface area contributed by atoms with Crippen LogP contribution >= 0.6 is 0 Å². The average Bonchev–Trinajstić information content (AvgIpc) is 3.25. The van der Waals surface area contributed by atoms with Crippen LogP contribution in [0.4, 0.5) is 13.2 Å². The lowest BCUT2D eigenvalue weighted by molar-refractivity contribution is -0.160. The first-order valence-corrected chi connectivity index (χ1v) is 10.6. The van der Waals surface area contributed by atoms with Crippen LogP contribution in [0, 0.1) is 5.92 Å². The van der Waals surface area contributed by atoms with Crippen LogP contribution in [0.1, 0.15) is 61.4 Å². The van der Waals surface area contributed by atoms with Crippen molar-refractivity contribution in [1.82, 2.24) is 10.2 Å². The first kappa shape index (κ1) is 23.1. The number of hydrogen-bond donors (Lipinski definition) is 1. The highest BCUT2D eigenvalue weighted by Crippen LogP contribution is 2.29. The maximum Gasteiger partial charge on any atom is 0.416 e.